The third kappa shape index (κ3) is 2.85. The van der Waals surface area contributed by atoms with E-state index in [0.29, 0.717) is 0 Å². The van der Waals surface area contributed by atoms with Gasteiger partial charge in [0.05, 0.1) is 6.42 Å². The molecule has 0 aromatic heterocycles. The highest BCUT2D eigenvalue weighted by Crippen LogP contribution is 2.08. The van der Waals surface area contributed by atoms with Crippen molar-refractivity contribution in [1.82, 2.24) is 5.48 Å². The van der Waals surface area contributed by atoms with Gasteiger partial charge in [-0.25, -0.2) is 5.48 Å². The molecule has 70 valence electrons. The van der Waals surface area contributed by atoms with E-state index >= 15 is 0 Å². The van der Waals surface area contributed by atoms with Gasteiger partial charge in [-0.1, -0.05) is 24.3 Å². The Kier molecular flexibility index (Phi) is 3.42. The van der Waals surface area contributed by atoms with Gasteiger partial charge in [0.15, 0.2) is 0 Å². The maximum absolute atomic E-state index is 10.4. The number of aliphatic carboxylic acids is 1. The molecule has 13 heavy (non-hydrogen) atoms. The molecule has 0 bridgehead atoms. The van der Waals surface area contributed by atoms with Crippen LogP contribution >= 0.6 is 0 Å². The molecule has 0 aliphatic rings. The number of rotatable bonds is 4. The zero-order chi connectivity index (χ0) is 9.68. The molecule has 4 nitrogen and oxygen atoms in total. The SMILES string of the molecule is O=C(O)Cc1ccccc1CNO. The van der Waals surface area contributed by atoms with Gasteiger partial charge in [-0.15, -0.1) is 0 Å². The van der Waals surface area contributed by atoms with Gasteiger partial charge in [0, 0.05) is 6.54 Å². The van der Waals surface area contributed by atoms with Crippen LogP contribution in [0.15, 0.2) is 24.3 Å². The van der Waals surface area contributed by atoms with E-state index in [9.17, 15) is 4.79 Å². The van der Waals surface area contributed by atoms with Gasteiger partial charge in [-0.3, -0.25) is 4.79 Å². The van der Waals surface area contributed by atoms with Crippen LogP contribution in [0.5, 0.6) is 0 Å². The van der Waals surface area contributed by atoms with E-state index in [1.54, 1.807) is 24.3 Å². The minimum Gasteiger partial charge on any atom is -0.481 e. The zero-order valence-corrected chi connectivity index (χ0v) is 7.03. The average Bonchev–Trinajstić information content (AvgIpc) is 2.08. The third-order valence-corrected chi connectivity index (χ3v) is 1.73. The van der Waals surface area contributed by atoms with Crippen LogP contribution in [-0.2, 0) is 17.8 Å². The summed E-state index contributed by atoms with van der Waals surface area (Å²) in [7, 11) is 0. The van der Waals surface area contributed by atoms with Gasteiger partial charge in [-0.2, -0.15) is 0 Å². The van der Waals surface area contributed by atoms with Crippen LogP contribution in [0.2, 0.25) is 0 Å². The van der Waals surface area contributed by atoms with Crippen LogP contribution in [0.25, 0.3) is 0 Å². The largest absolute Gasteiger partial charge is 0.481 e. The highest BCUT2D eigenvalue weighted by atomic mass is 16.5. The Morgan fingerprint density at radius 2 is 1.92 bits per heavy atom. The smallest absolute Gasteiger partial charge is 0.307 e. The molecule has 0 saturated heterocycles. The summed E-state index contributed by atoms with van der Waals surface area (Å²) < 4.78 is 0. The van der Waals surface area contributed by atoms with Crippen molar-refractivity contribution in [2.75, 3.05) is 0 Å². The molecule has 0 fully saturated rings. The number of hydrogen-bond donors (Lipinski definition) is 3. The Hall–Kier alpha value is -1.39. The molecule has 3 N–H and O–H groups in total. The molecular formula is C9H11NO3. The number of carbonyl (C=O) groups is 1. The molecule has 1 aromatic carbocycles. The van der Waals surface area contributed by atoms with Gasteiger partial charge in [0.25, 0.3) is 0 Å². The lowest BCUT2D eigenvalue weighted by atomic mass is 10.1. The van der Waals surface area contributed by atoms with E-state index in [2.05, 4.69) is 0 Å². The lowest BCUT2D eigenvalue weighted by Crippen LogP contribution is -2.10. The van der Waals surface area contributed by atoms with E-state index < -0.39 is 5.97 Å². The molecule has 0 atom stereocenters. The second kappa shape index (κ2) is 4.59. The second-order valence-corrected chi connectivity index (χ2v) is 2.67. The number of nitrogens with one attached hydrogen (secondary N) is 1. The summed E-state index contributed by atoms with van der Waals surface area (Å²) in [5, 5.41) is 17.1. The summed E-state index contributed by atoms with van der Waals surface area (Å²) in [6.45, 7) is 0.267. The number of carboxylic acid groups (broad SMARTS) is 1. The Bertz CT molecular complexity index is 299. The summed E-state index contributed by atoms with van der Waals surface area (Å²) in [4.78, 5) is 10.4. The molecule has 0 amide bonds. The van der Waals surface area contributed by atoms with Crippen molar-refractivity contribution in [2.24, 2.45) is 0 Å². The third-order valence-electron chi connectivity index (χ3n) is 1.73. The average molecular weight is 181 g/mol. The lowest BCUT2D eigenvalue weighted by molar-refractivity contribution is -0.136. The van der Waals surface area contributed by atoms with Crippen LogP contribution in [-0.4, -0.2) is 16.3 Å². The summed E-state index contributed by atoms with van der Waals surface area (Å²) in [5.74, 6) is -0.870. The molecule has 0 spiro atoms. The fraction of sp³-hybridized carbons (Fsp3) is 0.222. The van der Waals surface area contributed by atoms with E-state index in [-0.39, 0.29) is 13.0 Å². The predicted molar refractivity (Wildman–Crippen MR) is 46.4 cm³/mol. The van der Waals surface area contributed by atoms with Gasteiger partial charge in [0.2, 0.25) is 0 Å². The van der Waals surface area contributed by atoms with Crippen LogP contribution < -0.4 is 5.48 Å². The number of hydrogen-bond acceptors (Lipinski definition) is 3. The number of benzene rings is 1. The maximum Gasteiger partial charge on any atom is 0.307 e. The summed E-state index contributed by atoms with van der Waals surface area (Å²) in [5.41, 5.74) is 3.52. The van der Waals surface area contributed by atoms with Gasteiger partial charge < -0.3 is 10.3 Å². The van der Waals surface area contributed by atoms with E-state index in [0.717, 1.165) is 11.1 Å². The molecule has 0 radical (unpaired) electrons. The predicted octanol–water partition coefficient (Wildman–Crippen LogP) is 0.792. The molecule has 0 heterocycles. The molecule has 0 aliphatic carbocycles. The first-order chi connectivity index (χ1) is 6.24. The van der Waals surface area contributed by atoms with Crippen molar-refractivity contribution in [3.63, 3.8) is 0 Å². The maximum atomic E-state index is 10.4. The quantitative estimate of drug-likeness (QED) is 0.601. The van der Waals surface area contributed by atoms with Crippen molar-refractivity contribution in [3.05, 3.63) is 35.4 Å². The van der Waals surface area contributed by atoms with Crippen LogP contribution in [0.1, 0.15) is 11.1 Å². The van der Waals surface area contributed by atoms with E-state index in [1.165, 1.54) is 0 Å². The lowest BCUT2D eigenvalue weighted by Gasteiger charge is -2.05. The van der Waals surface area contributed by atoms with Gasteiger partial charge in [0.1, 0.15) is 0 Å². The Labute approximate surface area is 75.8 Å². The van der Waals surface area contributed by atoms with Crippen molar-refractivity contribution in [1.29, 1.82) is 0 Å². The van der Waals surface area contributed by atoms with Crippen molar-refractivity contribution >= 4 is 5.97 Å². The standard InChI is InChI=1S/C9H11NO3/c11-9(12)5-7-3-1-2-4-8(7)6-10-13/h1-4,10,13H,5-6H2,(H,11,12). The van der Waals surface area contributed by atoms with Crippen LogP contribution in [0, 0.1) is 0 Å². The summed E-state index contributed by atoms with van der Waals surface area (Å²) in [6, 6.07) is 7.10. The highest BCUT2D eigenvalue weighted by molar-refractivity contribution is 5.70. The van der Waals surface area contributed by atoms with Crippen LogP contribution in [0.3, 0.4) is 0 Å². The van der Waals surface area contributed by atoms with Gasteiger partial charge in [-0.05, 0) is 11.1 Å². The highest BCUT2D eigenvalue weighted by Gasteiger charge is 2.04. The Balaban J connectivity index is 2.84. The summed E-state index contributed by atoms with van der Waals surface area (Å²) >= 11 is 0. The van der Waals surface area contributed by atoms with Crippen molar-refractivity contribution in [3.8, 4) is 0 Å². The zero-order valence-electron chi connectivity index (χ0n) is 7.03. The van der Waals surface area contributed by atoms with Crippen molar-refractivity contribution in [2.45, 2.75) is 13.0 Å². The number of hydroxylamine groups is 1. The second-order valence-electron chi connectivity index (χ2n) is 2.67. The fourth-order valence-corrected chi connectivity index (χ4v) is 1.15. The molecule has 0 unspecified atom stereocenters. The van der Waals surface area contributed by atoms with Crippen molar-refractivity contribution < 1.29 is 15.1 Å². The molecule has 4 heteroatoms. The first-order valence-electron chi connectivity index (χ1n) is 3.89. The first kappa shape index (κ1) is 9.70. The summed E-state index contributed by atoms with van der Waals surface area (Å²) in [6.07, 6.45) is -0.0160. The Morgan fingerprint density at radius 1 is 1.31 bits per heavy atom. The minimum atomic E-state index is -0.870. The molecule has 1 rings (SSSR count). The molecule has 0 aliphatic heterocycles. The monoisotopic (exact) mass is 181 g/mol. The minimum absolute atomic E-state index is 0.0160. The Morgan fingerprint density at radius 3 is 2.46 bits per heavy atom. The van der Waals surface area contributed by atoms with E-state index in [1.807, 2.05) is 5.48 Å². The molecule has 0 saturated carbocycles. The molecule has 1 aromatic rings. The van der Waals surface area contributed by atoms with Crippen LogP contribution in [0.4, 0.5) is 0 Å². The molecular weight excluding hydrogens is 170 g/mol. The normalized spacial score (nSPS) is 9.92. The topological polar surface area (TPSA) is 69.6 Å². The fourth-order valence-electron chi connectivity index (χ4n) is 1.15. The van der Waals surface area contributed by atoms with E-state index in [4.69, 9.17) is 10.3 Å². The number of carboxylic acids is 1. The van der Waals surface area contributed by atoms with Gasteiger partial charge >= 0.3 is 5.97 Å². The first-order valence-corrected chi connectivity index (χ1v) is 3.89.